The number of nitrogen functional groups attached to an aromatic ring is 1. The van der Waals surface area contributed by atoms with Gasteiger partial charge in [-0.05, 0) is 11.1 Å². The second-order valence-electron chi connectivity index (χ2n) is 5.27. The topological polar surface area (TPSA) is 77.8 Å². The van der Waals surface area contributed by atoms with Gasteiger partial charge in [-0.2, -0.15) is 0 Å². The van der Waals surface area contributed by atoms with E-state index in [9.17, 15) is 8.78 Å². The van der Waals surface area contributed by atoms with Gasteiger partial charge in [0.05, 0.1) is 5.54 Å². The molecule has 0 amide bonds. The van der Waals surface area contributed by atoms with E-state index in [1.54, 1.807) is 24.5 Å². The summed E-state index contributed by atoms with van der Waals surface area (Å²) in [5.41, 5.74) is 12.9. The molecule has 0 unspecified atom stereocenters. The summed E-state index contributed by atoms with van der Waals surface area (Å²) in [5, 5.41) is 0. The molecule has 0 radical (unpaired) electrons. The Morgan fingerprint density at radius 2 is 1.50 bits per heavy atom. The highest BCUT2D eigenvalue weighted by molar-refractivity contribution is 5.62. The molecule has 4 N–H and O–H groups in total. The highest BCUT2D eigenvalue weighted by Gasteiger charge is 2.55. The Kier molecular flexibility index (Phi) is 2.72. The number of aromatic nitrogens is 2. The highest BCUT2D eigenvalue weighted by Crippen LogP contribution is 2.49. The molecule has 0 aliphatic heterocycles. The molecule has 20 heavy (non-hydrogen) atoms. The summed E-state index contributed by atoms with van der Waals surface area (Å²) in [5.74, 6) is -2.43. The van der Waals surface area contributed by atoms with Crippen molar-refractivity contribution in [3.63, 3.8) is 0 Å². The third-order valence-electron chi connectivity index (χ3n) is 3.61. The lowest BCUT2D eigenvalue weighted by atomic mass is 9.70. The molecule has 1 heterocycles. The standard InChI is InChI=1S/C14H14F2N4/c15-14(16)7-13(18,8-14)11-3-1-9(2-4-11)10-5-19-12(17)20-6-10/h1-6H,7-8,18H2,(H2,17,19,20). The van der Waals surface area contributed by atoms with Gasteiger partial charge in [-0.15, -0.1) is 0 Å². The zero-order valence-electron chi connectivity index (χ0n) is 10.7. The first kappa shape index (κ1) is 12.9. The van der Waals surface area contributed by atoms with Crippen molar-refractivity contribution >= 4 is 5.95 Å². The lowest BCUT2D eigenvalue weighted by Crippen LogP contribution is -2.55. The van der Waals surface area contributed by atoms with Crippen LogP contribution in [0.1, 0.15) is 18.4 Å². The number of nitrogens with zero attached hydrogens (tertiary/aromatic N) is 2. The SMILES string of the molecule is Nc1ncc(-c2ccc(C3(N)CC(F)(F)C3)cc2)cn1. The molecule has 104 valence electrons. The fraction of sp³-hybridized carbons (Fsp3) is 0.286. The molecule has 1 aliphatic carbocycles. The Morgan fingerprint density at radius 1 is 0.950 bits per heavy atom. The van der Waals surface area contributed by atoms with Crippen LogP contribution in [-0.2, 0) is 5.54 Å². The molecule has 0 atom stereocenters. The van der Waals surface area contributed by atoms with Gasteiger partial charge in [0.2, 0.25) is 5.95 Å². The fourth-order valence-electron chi connectivity index (χ4n) is 2.56. The van der Waals surface area contributed by atoms with E-state index in [0.717, 1.165) is 16.7 Å². The quantitative estimate of drug-likeness (QED) is 0.882. The maximum Gasteiger partial charge on any atom is 0.252 e. The third kappa shape index (κ3) is 2.22. The number of nitrogens with two attached hydrogens (primary N) is 2. The van der Waals surface area contributed by atoms with Crippen molar-refractivity contribution < 1.29 is 8.78 Å². The summed E-state index contributed by atoms with van der Waals surface area (Å²) >= 11 is 0. The van der Waals surface area contributed by atoms with Crippen molar-refractivity contribution in [2.75, 3.05) is 5.73 Å². The molecule has 0 spiro atoms. The van der Waals surface area contributed by atoms with Gasteiger partial charge in [-0.1, -0.05) is 24.3 Å². The number of hydrogen-bond donors (Lipinski definition) is 2. The van der Waals surface area contributed by atoms with E-state index in [1.807, 2.05) is 12.1 Å². The zero-order chi connectivity index (χ0) is 14.4. The van der Waals surface area contributed by atoms with Crippen LogP contribution in [0.3, 0.4) is 0 Å². The van der Waals surface area contributed by atoms with E-state index in [4.69, 9.17) is 11.5 Å². The largest absolute Gasteiger partial charge is 0.368 e. The van der Waals surface area contributed by atoms with Gasteiger partial charge in [0, 0.05) is 30.8 Å². The van der Waals surface area contributed by atoms with Crippen LogP contribution in [-0.4, -0.2) is 15.9 Å². The van der Waals surface area contributed by atoms with Gasteiger partial charge in [-0.3, -0.25) is 0 Å². The van der Waals surface area contributed by atoms with Crippen LogP contribution in [0.5, 0.6) is 0 Å². The molecule has 0 bridgehead atoms. The second-order valence-corrected chi connectivity index (χ2v) is 5.27. The summed E-state index contributed by atoms with van der Waals surface area (Å²) < 4.78 is 26.0. The molecule has 3 rings (SSSR count). The molecule has 1 aliphatic rings. The molecular formula is C14H14F2N4. The third-order valence-corrected chi connectivity index (χ3v) is 3.61. The van der Waals surface area contributed by atoms with Crippen molar-refractivity contribution in [2.45, 2.75) is 24.3 Å². The summed E-state index contributed by atoms with van der Waals surface area (Å²) in [6.45, 7) is 0. The van der Waals surface area contributed by atoms with E-state index in [0.29, 0.717) is 0 Å². The molecule has 1 saturated carbocycles. The number of alkyl halides is 2. The predicted octanol–water partition coefficient (Wildman–Crippen LogP) is 2.31. The second kappa shape index (κ2) is 4.21. The maximum atomic E-state index is 13.0. The Labute approximate surface area is 114 Å². The van der Waals surface area contributed by atoms with Crippen LogP contribution in [0, 0.1) is 0 Å². The average molecular weight is 276 g/mol. The lowest BCUT2D eigenvalue weighted by Gasteiger charge is -2.44. The Hall–Kier alpha value is -2.08. The first-order valence-electron chi connectivity index (χ1n) is 6.23. The monoisotopic (exact) mass is 276 g/mol. The van der Waals surface area contributed by atoms with Crippen LogP contribution in [0.4, 0.5) is 14.7 Å². The molecule has 1 aromatic heterocycles. The van der Waals surface area contributed by atoms with Crippen molar-refractivity contribution in [3.05, 3.63) is 42.2 Å². The molecule has 4 nitrogen and oxygen atoms in total. The molecule has 1 aromatic carbocycles. The van der Waals surface area contributed by atoms with Gasteiger partial charge < -0.3 is 11.5 Å². The normalized spacial score (nSPS) is 19.4. The molecule has 6 heteroatoms. The number of halogens is 2. The van der Waals surface area contributed by atoms with E-state index < -0.39 is 11.5 Å². The molecule has 0 saturated heterocycles. The van der Waals surface area contributed by atoms with Gasteiger partial charge >= 0.3 is 0 Å². The number of rotatable bonds is 2. The summed E-state index contributed by atoms with van der Waals surface area (Å²) in [6.07, 6.45) is 2.63. The summed E-state index contributed by atoms with van der Waals surface area (Å²) in [4.78, 5) is 7.83. The first-order valence-corrected chi connectivity index (χ1v) is 6.23. The summed E-state index contributed by atoms with van der Waals surface area (Å²) in [6, 6.07) is 7.21. The minimum absolute atomic E-state index is 0.211. The van der Waals surface area contributed by atoms with Gasteiger partial charge in [0.15, 0.2) is 0 Å². The van der Waals surface area contributed by atoms with Crippen LogP contribution < -0.4 is 11.5 Å². The van der Waals surface area contributed by atoms with Crippen molar-refractivity contribution in [3.8, 4) is 11.1 Å². The number of hydrogen-bond acceptors (Lipinski definition) is 4. The number of anilines is 1. The van der Waals surface area contributed by atoms with E-state index >= 15 is 0 Å². The number of benzene rings is 1. The van der Waals surface area contributed by atoms with Crippen molar-refractivity contribution in [1.29, 1.82) is 0 Å². The maximum absolute atomic E-state index is 13.0. The fourth-order valence-corrected chi connectivity index (χ4v) is 2.56. The Morgan fingerprint density at radius 3 is 2.00 bits per heavy atom. The molecule has 1 fully saturated rings. The minimum Gasteiger partial charge on any atom is -0.368 e. The average Bonchev–Trinajstić information content (AvgIpc) is 2.37. The predicted molar refractivity (Wildman–Crippen MR) is 71.9 cm³/mol. The van der Waals surface area contributed by atoms with Crippen LogP contribution in [0.15, 0.2) is 36.7 Å². The van der Waals surface area contributed by atoms with Gasteiger partial charge in [0.1, 0.15) is 0 Å². The van der Waals surface area contributed by atoms with Crippen molar-refractivity contribution in [2.24, 2.45) is 5.73 Å². The van der Waals surface area contributed by atoms with E-state index in [-0.39, 0.29) is 18.8 Å². The van der Waals surface area contributed by atoms with E-state index in [1.165, 1.54) is 0 Å². The van der Waals surface area contributed by atoms with Crippen LogP contribution in [0.2, 0.25) is 0 Å². The molecular weight excluding hydrogens is 262 g/mol. The lowest BCUT2D eigenvalue weighted by molar-refractivity contribution is -0.125. The van der Waals surface area contributed by atoms with E-state index in [2.05, 4.69) is 9.97 Å². The van der Waals surface area contributed by atoms with Gasteiger partial charge in [-0.25, -0.2) is 18.7 Å². The first-order chi connectivity index (χ1) is 9.38. The highest BCUT2D eigenvalue weighted by atomic mass is 19.3. The molecule has 2 aromatic rings. The Bertz CT molecular complexity index is 615. The zero-order valence-corrected chi connectivity index (χ0v) is 10.7. The van der Waals surface area contributed by atoms with Crippen LogP contribution >= 0.6 is 0 Å². The van der Waals surface area contributed by atoms with Gasteiger partial charge in [0.25, 0.3) is 5.92 Å². The van der Waals surface area contributed by atoms with Crippen molar-refractivity contribution in [1.82, 2.24) is 9.97 Å². The minimum atomic E-state index is -2.64. The smallest absolute Gasteiger partial charge is 0.252 e. The Balaban J connectivity index is 1.83. The summed E-state index contributed by atoms with van der Waals surface area (Å²) in [7, 11) is 0. The van der Waals surface area contributed by atoms with Crippen LogP contribution in [0.25, 0.3) is 11.1 Å².